The summed E-state index contributed by atoms with van der Waals surface area (Å²) in [6, 6.07) is 4.28. The fraction of sp³-hybridized carbons (Fsp3) is 0.500. The predicted octanol–water partition coefficient (Wildman–Crippen LogP) is 3.06. The summed E-state index contributed by atoms with van der Waals surface area (Å²) in [6.45, 7) is 5.45. The Hall–Kier alpha value is -1.91. The first-order valence-corrected chi connectivity index (χ1v) is 6.83. The topological polar surface area (TPSA) is 52.6 Å². The lowest BCUT2D eigenvalue weighted by Crippen LogP contribution is -2.25. The van der Waals surface area contributed by atoms with E-state index in [0.717, 1.165) is 5.56 Å². The van der Waals surface area contributed by atoms with Crippen molar-refractivity contribution in [3.05, 3.63) is 35.1 Å². The van der Waals surface area contributed by atoms with Gasteiger partial charge in [-0.2, -0.15) is 0 Å². The Morgan fingerprint density at radius 3 is 2.52 bits per heavy atom. The second-order valence-corrected chi connectivity index (χ2v) is 6.21. The number of carbonyl (C=O) groups excluding carboxylic acids is 2. The molecule has 1 fully saturated rings. The SMILES string of the molecule is COC(=O)c1cc(C2CC2C(=O)OC(C)(C)C)ccc1F. The maximum absolute atomic E-state index is 13.6. The fourth-order valence-corrected chi connectivity index (χ4v) is 2.24. The van der Waals surface area contributed by atoms with Gasteiger partial charge >= 0.3 is 11.9 Å². The first kappa shape index (κ1) is 15.5. The van der Waals surface area contributed by atoms with Gasteiger partial charge in [0.15, 0.2) is 0 Å². The number of carbonyl (C=O) groups is 2. The molecule has 21 heavy (non-hydrogen) atoms. The summed E-state index contributed by atoms with van der Waals surface area (Å²) >= 11 is 0. The molecule has 0 saturated heterocycles. The van der Waals surface area contributed by atoms with Crippen LogP contribution in [0, 0.1) is 11.7 Å². The third kappa shape index (κ3) is 3.60. The molecule has 114 valence electrons. The van der Waals surface area contributed by atoms with Crippen molar-refractivity contribution in [2.45, 2.75) is 38.7 Å². The molecule has 0 amide bonds. The van der Waals surface area contributed by atoms with Crippen LogP contribution in [-0.2, 0) is 14.3 Å². The zero-order chi connectivity index (χ0) is 15.8. The lowest BCUT2D eigenvalue weighted by Gasteiger charge is -2.19. The molecule has 0 spiro atoms. The molecule has 0 aromatic heterocycles. The van der Waals surface area contributed by atoms with Crippen LogP contribution in [0.15, 0.2) is 18.2 Å². The van der Waals surface area contributed by atoms with Crippen LogP contribution in [-0.4, -0.2) is 24.6 Å². The van der Waals surface area contributed by atoms with Crippen LogP contribution in [0.2, 0.25) is 0 Å². The zero-order valence-electron chi connectivity index (χ0n) is 12.6. The van der Waals surface area contributed by atoms with Crippen LogP contribution in [0.3, 0.4) is 0 Å². The van der Waals surface area contributed by atoms with Gasteiger partial charge in [-0.1, -0.05) is 6.07 Å². The quantitative estimate of drug-likeness (QED) is 0.804. The molecule has 2 atom stereocenters. The number of rotatable bonds is 3. The van der Waals surface area contributed by atoms with Crippen LogP contribution in [0.25, 0.3) is 0 Å². The summed E-state index contributed by atoms with van der Waals surface area (Å²) in [5, 5.41) is 0. The van der Waals surface area contributed by atoms with Crippen LogP contribution in [0.1, 0.15) is 49.0 Å². The fourth-order valence-electron chi connectivity index (χ4n) is 2.24. The van der Waals surface area contributed by atoms with Crippen LogP contribution < -0.4 is 0 Å². The van der Waals surface area contributed by atoms with Crippen molar-refractivity contribution in [3.8, 4) is 0 Å². The van der Waals surface area contributed by atoms with Gasteiger partial charge in [-0.05, 0) is 50.8 Å². The third-order valence-electron chi connectivity index (χ3n) is 3.32. The van der Waals surface area contributed by atoms with Crippen molar-refractivity contribution < 1.29 is 23.5 Å². The molecule has 0 bridgehead atoms. The minimum Gasteiger partial charge on any atom is -0.465 e. The summed E-state index contributed by atoms with van der Waals surface area (Å²) in [6.07, 6.45) is 0.654. The van der Waals surface area contributed by atoms with Gasteiger partial charge in [0.25, 0.3) is 0 Å². The molecule has 0 radical (unpaired) electrons. The number of halogens is 1. The highest BCUT2D eigenvalue weighted by Gasteiger charge is 2.46. The Kier molecular flexibility index (Phi) is 4.03. The number of ether oxygens (including phenoxy) is 2. The van der Waals surface area contributed by atoms with Gasteiger partial charge in [0.2, 0.25) is 0 Å². The van der Waals surface area contributed by atoms with Crippen LogP contribution >= 0.6 is 0 Å². The van der Waals surface area contributed by atoms with Gasteiger partial charge in [0.05, 0.1) is 18.6 Å². The number of esters is 2. The largest absolute Gasteiger partial charge is 0.465 e. The monoisotopic (exact) mass is 294 g/mol. The zero-order valence-corrected chi connectivity index (χ0v) is 12.6. The number of hydrogen-bond acceptors (Lipinski definition) is 4. The van der Waals surface area contributed by atoms with Crippen LogP contribution in [0.5, 0.6) is 0 Å². The highest BCUT2D eigenvalue weighted by atomic mass is 19.1. The van der Waals surface area contributed by atoms with Gasteiger partial charge in [0.1, 0.15) is 11.4 Å². The van der Waals surface area contributed by atoms with E-state index in [1.165, 1.54) is 19.2 Å². The molecule has 2 rings (SSSR count). The lowest BCUT2D eigenvalue weighted by molar-refractivity contribution is -0.156. The molecule has 0 aliphatic heterocycles. The predicted molar refractivity (Wildman–Crippen MR) is 74.4 cm³/mol. The summed E-state index contributed by atoms with van der Waals surface area (Å²) in [5.74, 6) is -1.84. The highest BCUT2D eigenvalue weighted by Crippen LogP contribution is 2.48. The van der Waals surface area contributed by atoms with E-state index in [9.17, 15) is 14.0 Å². The number of hydrogen-bond donors (Lipinski definition) is 0. The van der Waals surface area contributed by atoms with Gasteiger partial charge in [-0.25, -0.2) is 9.18 Å². The van der Waals surface area contributed by atoms with Gasteiger partial charge in [-0.15, -0.1) is 0 Å². The molecular weight excluding hydrogens is 275 g/mol. The standard InChI is InChI=1S/C16H19FO4/c1-16(2,3)21-15(19)11-8-10(11)9-5-6-13(17)12(7-9)14(18)20-4/h5-7,10-11H,8H2,1-4H3. The van der Waals surface area contributed by atoms with E-state index in [-0.39, 0.29) is 23.4 Å². The molecule has 1 aromatic carbocycles. The Labute approximate surface area is 123 Å². The molecule has 2 unspecified atom stereocenters. The number of methoxy groups -OCH3 is 1. The Balaban J connectivity index is 2.12. The first-order valence-electron chi connectivity index (χ1n) is 6.83. The summed E-state index contributed by atoms with van der Waals surface area (Å²) in [7, 11) is 1.20. The molecule has 0 N–H and O–H groups in total. The van der Waals surface area contributed by atoms with E-state index < -0.39 is 17.4 Å². The van der Waals surface area contributed by atoms with Crippen molar-refractivity contribution in [2.24, 2.45) is 5.92 Å². The second-order valence-electron chi connectivity index (χ2n) is 6.21. The van der Waals surface area contributed by atoms with E-state index in [0.29, 0.717) is 6.42 Å². The van der Waals surface area contributed by atoms with Crippen molar-refractivity contribution in [3.63, 3.8) is 0 Å². The average molecular weight is 294 g/mol. The molecule has 1 aliphatic carbocycles. The summed E-state index contributed by atoms with van der Waals surface area (Å²) < 4.78 is 23.4. The number of benzene rings is 1. The smallest absolute Gasteiger partial charge is 0.340 e. The van der Waals surface area contributed by atoms with Crippen molar-refractivity contribution in [1.82, 2.24) is 0 Å². The Bertz CT molecular complexity index is 574. The molecule has 0 heterocycles. The maximum atomic E-state index is 13.6. The van der Waals surface area contributed by atoms with E-state index in [4.69, 9.17) is 4.74 Å². The molecule has 4 nitrogen and oxygen atoms in total. The second kappa shape index (κ2) is 5.47. The molecule has 1 aliphatic rings. The molecule has 5 heteroatoms. The van der Waals surface area contributed by atoms with Gasteiger partial charge in [-0.3, -0.25) is 4.79 Å². The van der Waals surface area contributed by atoms with Gasteiger partial charge in [0, 0.05) is 0 Å². The van der Waals surface area contributed by atoms with E-state index in [2.05, 4.69) is 4.74 Å². The highest BCUT2D eigenvalue weighted by molar-refractivity contribution is 5.90. The third-order valence-corrected chi connectivity index (χ3v) is 3.32. The van der Waals surface area contributed by atoms with E-state index in [1.807, 2.05) is 20.8 Å². The van der Waals surface area contributed by atoms with E-state index in [1.54, 1.807) is 6.07 Å². The normalized spacial score (nSPS) is 20.8. The lowest BCUT2D eigenvalue weighted by atomic mass is 10.0. The van der Waals surface area contributed by atoms with Crippen molar-refractivity contribution in [1.29, 1.82) is 0 Å². The molecule has 1 saturated carbocycles. The Morgan fingerprint density at radius 2 is 1.95 bits per heavy atom. The first-order chi connectivity index (χ1) is 9.73. The minimum atomic E-state index is -0.719. The summed E-state index contributed by atoms with van der Waals surface area (Å²) in [4.78, 5) is 23.4. The molecule has 1 aromatic rings. The van der Waals surface area contributed by atoms with Gasteiger partial charge < -0.3 is 9.47 Å². The van der Waals surface area contributed by atoms with E-state index >= 15 is 0 Å². The average Bonchev–Trinajstić information content (AvgIpc) is 3.17. The van der Waals surface area contributed by atoms with Crippen LogP contribution in [0.4, 0.5) is 4.39 Å². The maximum Gasteiger partial charge on any atom is 0.340 e. The molecular formula is C16H19FO4. The Morgan fingerprint density at radius 1 is 1.29 bits per heavy atom. The van der Waals surface area contributed by atoms with Crippen molar-refractivity contribution in [2.75, 3.05) is 7.11 Å². The van der Waals surface area contributed by atoms with Crippen molar-refractivity contribution >= 4 is 11.9 Å². The minimum absolute atomic E-state index is 0.0242. The summed E-state index contributed by atoms with van der Waals surface area (Å²) in [5.41, 5.74) is 0.127.